The standard InChI is InChI=1S/C27H33N3O4S/c1-29(24-9-10-26(32)28-27(24)33)17-23-22(18-31)3-2-4-25(23)35-19-21-7-5-20(6-8-21)11-12-30-13-15-34-16-14-30/h2-8,18,24H,9-17,19H2,1H3,(H,28,32,33). The van der Waals surface area contributed by atoms with Gasteiger partial charge in [0.15, 0.2) is 0 Å². The number of thioether (sulfide) groups is 1. The molecule has 8 heteroatoms. The van der Waals surface area contributed by atoms with Gasteiger partial charge in [-0.25, -0.2) is 0 Å². The molecule has 2 aliphatic heterocycles. The van der Waals surface area contributed by atoms with E-state index >= 15 is 0 Å². The van der Waals surface area contributed by atoms with Crippen LogP contribution in [0.25, 0.3) is 0 Å². The average Bonchev–Trinajstić information content (AvgIpc) is 2.88. The van der Waals surface area contributed by atoms with E-state index in [2.05, 4.69) is 34.5 Å². The van der Waals surface area contributed by atoms with E-state index < -0.39 is 0 Å². The zero-order valence-electron chi connectivity index (χ0n) is 20.2. The second-order valence-electron chi connectivity index (χ2n) is 9.13. The van der Waals surface area contributed by atoms with Crippen LogP contribution in [0.3, 0.4) is 0 Å². The Hall–Kier alpha value is -2.52. The molecule has 0 bridgehead atoms. The summed E-state index contributed by atoms with van der Waals surface area (Å²) in [6, 6.07) is 14.1. The minimum Gasteiger partial charge on any atom is -0.379 e. The van der Waals surface area contributed by atoms with Gasteiger partial charge in [0.05, 0.1) is 19.3 Å². The highest BCUT2D eigenvalue weighted by molar-refractivity contribution is 7.98. The molecule has 2 fully saturated rings. The molecule has 0 radical (unpaired) electrons. The number of aldehydes is 1. The van der Waals surface area contributed by atoms with E-state index in [9.17, 15) is 14.4 Å². The van der Waals surface area contributed by atoms with Crippen LogP contribution in [-0.2, 0) is 33.0 Å². The maximum atomic E-state index is 12.3. The number of hydrogen-bond donors (Lipinski definition) is 1. The Morgan fingerprint density at radius 3 is 2.57 bits per heavy atom. The Bertz CT molecular complexity index is 1040. The minimum absolute atomic E-state index is 0.226. The molecule has 2 saturated heterocycles. The molecule has 4 rings (SSSR count). The molecule has 2 aromatic rings. The lowest BCUT2D eigenvalue weighted by Crippen LogP contribution is -2.51. The van der Waals surface area contributed by atoms with Crippen molar-refractivity contribution in [2.45, 2.75) is 42.5 Å². The van der Waals surface area contributed by atoms with Gasteiger partial charge in [0.2, 0.25) is 11.8 Å². The van der Waals surface area contributed by atoms with E-state index in [1.54, 1.807) is 11.8 Å². The van der Waals surface area contributed by atoms with Crippen molar-refractivity contribution in [3.63, 3.8) is 0 Å². The predicted octanol–water partition coefficient (Wildman–Crippen LogP) is 2.90. The van der Waals surface area contributed by atoms with E-state index in [1.165, 1.54) is 11.1 Å². The predicted molar refractivity (Wildman–Crippen MR) is 136 cm³/mol. The van der Waals surface area contributed by atoms with Crippen LogP contribution in [0.4, 0.5) is 0 Å². The number of likely N-dealkylation sites (N-methyl/N-ethyl adjacent to an activating group) is 1. The van der Waals surface area contributed by atoms with E-state index in [-0.39, 0.29) is 17.9 Å². The molecule has 1 atom stereocenters. The van der Waals surface area contributed by atoms with Crippen LogP contribution in [-0.4, -0.2) is 73.8 Å². The van der Waals surface area contributed by atoms with Crippen LogP contribution in [0.15, 0.2) is 47.4 Å². The van der Waals surface area contributed by atoms with Gasteiger partial charge < -0.3 is 4.74 Å². The molecule has 0 spiro atoms. The first-order chi connectivity index (χ1) is 17.0. The third-order valence-corrected chi connectivity index (χ3v) is 7.85. The lowest BCUT2D eigenvalue weighted by Gasteiger charge is -2.30. The van der Waals surface area contributed by atoms with Crippen molar-refractivity contribution in [2.24, 2.45) is 0 Å². The number of rotatable bonds is 10. The van der Waals surface area contributed by atoms with Crippen LogP contribution in [0, 0.1) is 0 Å². The van der Waals surface area contributed by atoms with Gasteiger partial charge in [-0.15, -0.1) is 11.8 Å². The lowest BCUT2D eigenvalue weighted by molar-refractivity contribution is -0.137. The molecule has 0 aromatic heterocycles. The quantitative estimate of drug-likeness (QED) is 0.308. The number of imide groups is 1. The fourth-order valence-electron chi connectivity index (χ4n) is 4.53. The molecule has 186 valence electrons. The van der Waals surface area contributed by atoms with Gasteiger partial charge >= 0.3 is 0 Å². The monoisotopic (exact) mass is 495 g/mol. The Labute approximate surface area is 211 Å². The summed E-state index contributed by atoms with van der Waals surface area (Å²) in [5, 5.41) is 2.42. The third kappa shape index (κ3) is 7.01. The van der Waals surface area contributed by atoms with Crippen molar-refractivity contribution in [1.82, 2.24) is 15.1 Å². The number of benzene rings is 2. The molecular weight excluding hydrogens is 462 g/mol. The van der Waals surface area contributed by atoms with Crippen LogP contribution < -0.4 is 5.32 Å². The summed E-state index contributed by atoms with van der Waals surface area (Å²) in [6.07, 6.45) is 2.73. The Morgan fingerprint density at radius 1 is 1.11 bits per heavy atom. The van der Waals surface area contributed by atoms with Crippen molar-refractivity contribution >= 4 is 29.9 Å². The van der Waals surface area contributed by atoms with Gasteiger partial charge in [0, 0.05) is 48.8 Å². The number of piperidine rings is 1. The molecule has 2 heterocycles. The van der Waals surface area contributed by atoms with Crippen LogP contribution in [0.2, 0.25) is 0 Å². The van der Waals surface area contributed by atoms with Crippen molar-refractivity contribution < 1.29 is 19.1 Å². The molecule has 35 heavy (non-hydrogen) atoms. The topological polar surface area (TPSA) is 79.0 Å². The first kappa shape index (κ1) is 25.6. The summed E-state index contributed by atoms with van der Waals surface area (Å²) in [4.78, 5) is 41.0. The largest absolute Gasteiger partial charge is 0.379 e. The number of ether oxygens (including phenoxy) is 1. The zero-order valence-corrected chi connectivity index (χ0v) is 21.0. The maximum absolute atomic E-state index is 12.3. The van der Waals surface area contributed by atoms with Gasteiger partial charge in [-0.3, -0.25) is 29.5 Å². The molecular formula is C27H33N3O4S. The Balaban J connectivity index is 1.37. The first-order valence-electron chi connectivity index (χ1n) is 12.1. The number of hydrogen-bond acceptors (Lipinski definition) is 7. The van der Waals surface area contributed by atoms with Gasteiger partial charge in [-0.2, -0.15) is 0 Å². The molecule has 2 aliphatic rings. The minimum atomic E-state index is -0.379. The smallest absolute Gasteiger partial charge is 0.243 e. The molecule has 0 aliphatic carbocycles. The van der Waals surface area contributed by atoms with E-state index in [0.29, 0.717) is 24.9 Å². The molecule has 2 amide bonds. The summed E-state index contributed by atoms with van der Waals surface area (Å²) in [5.74, 6) is 0.299. The number of carbonyl (C=O) groups is 3. The second-order valence-corrected chi connectivity index (χ2v) is 10.2. The maximum Gasteiger partial charge on any atom is 0.243 e. The van der Waals surface area contributed by atoms with Crippen LogP contribution in [0.5, 0.6) is 0 Å². The van der Waals surface area contributed by atoms with E-state index in [0.717, 1.165) is 61.8 Å². The lowest BCUT2D eigenvalue weighted by atomic mass is 10.0. The SMILES string of the molecule is CN(Cc1c(C=O)cccc1SCc1ccc(CCN2CCOCC2)cc1)C1CCC(=O)NC1=O. The summed E-state index contributed by atoms with van der Waals surface area (Å²) in [7, 11) is 1.87. The third-order valence-electron chi connectivity index (χ3n) is 6.68. The van der Waals surface area contributed by atoms with Crippen LogP contribution >= 0.6 is 11.8 Å². The van der Waals surface area contributed by atoms with Crippen molar-refractivity contribution in [1.29, 1.82) is 0 Å². The van der Waals surface area contributed by atoms with Crippen molar-refractivity contribution in [2.75, 3.05) is 39.9 Å². The molecule has 7 nitrogen and oxygen atoms in total. The normalized spacial score (nSPS) is 19.1. The van der Waals surface area contributed by atoms with Gasteiger partial charge in [-0.05, 0) is 42.6 Å². The van der Waals surface area contributed by atoms with Gasteiger partial charge in [0.25, 0.3) is 0 Å². The molecule has 1 N–H and O–H groups in total. The summed E-state index contributed by atoms with van der Waals surface area (Å²) >= 11 is 1.70. The fraction of sp³-hybridized carbons (Fsp3) is 0.444. The molecule has 0 saturated carbocycles. The highest BCUT2D eigenvalue weighted by Crippen LogP contribution is 2.30. The van der Waals surface area contributed by atoms with Crippen molar-refractivity contribution in [3.8, 4) is 0 Å². The van der Waals surface area contributed by atoms with E-state index in [4.69, 9.17) is 4.74 Å². The van der Waals surface area contributed by atoms with Crippen molar-refractivity contribution in [3.05, 3.63) is 64.7 Å². The van der Waals surface area contributed by atoms with Gasteiger partial charge in [0.1, 0.15) is 6.29 Å². The number of carbonyl (C=O) groups excluding carboxylic acids is 3. The van der Waals surface area contributed by atoms with Crippen LogP contribution in [0.1, 0.15) is 39.9 Å². The van der Waals surface area contributed by atoms with E-state index in [1.807, 2.05) is 30.1 Å². The second kappa shape index (κ2) is 12.4. The number of nitrogens with zero attached hydrogens (tertiary/aromatic N) is 2. The highest BCUT2D eigenvalue weighted by atomic mass is 32.2. The zero-order chi connectivity index (χ0) is 24.6. The number of nitrogens with one attached hydrogen (secondary N) is 1. The van der Waals surface area contributed by atoms with Gasteiger partial charge in [-0.1, -0.05) is 36.4 Å². The summed E-state index contributed by atoms with van der Waals surface area (Å²) in [5.41, 5.74) is 4.11. The summed E-state index contributed by atoms with van der Waals surface area (Å²) < 4.78 is 5.42. The summed E-state index contributed by atoms with van der Waals surface area (Å²) in [6.45, 7) is 5.19. The number of morpholine rings is 1. The Kier molecular flexibility index (Phi) is 9.09. The Morgan fingerprint density at radius 2 is 1.86 bits per heavy atom. The average molecular weight is 496 g/mol. The highest BCUT2D eigenvalue weighted by Gasteiger charge is 2.30. The number of amides is 2. The fourth-order valence-corrected chi connectivity index (χ4v) is 5.58. The molecule has 2 aromatic carbocycles. The molecule has 1 unspecified atom stereocenters. The first-order valence-corrected chi connectivity index (χ1v) is 13.1.